The minimum Gasteiger partial charge on any atom is -0.466 e. The van der Waals surface area contributed by atoms with Crippen LogP contribution in [-0.4, -0.2) is 19.6 Å². The number of methoxy groups -OCH3 is 1. The van der Waals surface area contributed by atoms with Crippen LogP contribution in [0.3, 0.4) is 0 Å². The summed E-state index contributed by atoms with van der Waals surface area (Å²) in [7, 11) is 1.37. The minimum atomic E-state index is -0.324. The van der Waals surface area contributed by atoms with E-state index in [2.05, 4.69) is 0 Å². The fraction of sp³-hybridized carbons (Fsp3) is 0.154. The zero-order valence-corrected chi connectivity index (χ0v) is 9.59. The number of hydrogen-bond donors (Lipinski definition) is 1. The molecule has 1 aromatic rings. The number of carbonyl (C=O) groups is 1. The Bertz CT molecular complexity index is 477. The molecule has 0 bridgehead atoms. The Balaban J connectivity index is 2.26. The Kier molecular flexibility index (Phi) is 3.14. The first-order valence-corrected chi connectivity index (χ1v) is 5.29. The molecule has 0 saturated carbocycles. The van der Waals surface area contributed by atoms with E-state index < -0.39 is 0 Å². The number of allylic oxidation sites excluding steroid dienone is 2. The van der Waals surface area contributed by atoms with Crippen LogP contribution in [0.5, 0.6) is 0 Å². The topological polar surface area (TPSA) is 55.6 Å². The predicted molar refractivity (Wildman–Crippen MR) is 66.2 cm³/mol. The van der Waals surface area contributed by atoms with Crippen LogP contribution >= 0.6 is 0 Å². The Hall–Kier alpha value is -2.23. The highest BCUT2D eigenvalue weighted by Crippen LogP contribution is 2.21. The van der Waals surface area contributed by atoms with E-state index in [1.807, 2.05) is 35.2 Å². The SMILES string of the molecule is COC(=O)C1=CC=C(N)N(c2ccccc2)C1. The van der Waals surface area contributed by atoms with Crippen LogP contribution in [0, 0.1) is 0 Å². The lowest BCUT2D eigenvalue weighted by atomic mass is 10.1. The van der Waals surface area contributed by atoms with E-state index in [1.54, 1.807) is 12.2 Å². The Morgan fingerprint density at radius 2 is 2.00 bits per heavy atom. The van der Waals surface area contributed by atoms with Gasteiger partial charge in [-0.25, -0.2) is 4.79 Å². The van der Waals surface area contributed by atoms with Gasteiger partial charge in [0, 0.05) is 5.69 Å². The normalized spacial score (nSPS) is 15.0. The maximum absolute atomic E-state index is 11.5. The molecule has 0 aliphatic carbocycles. The van der Waals surface area contributed by atoms with E-state index in [4.69, 9.17) is 10.5 Å². The average molecular weight is 230 g/mol. The summed E-state index contributed by atoms with van der Waals surface area (Å²) in [5.74, 6) is 0.290. The number of carbonyl (C=O) groups excluding carboxylic acids is 1. The van der Waals surface area contributed by atoms with Gasteiger partial charge >= 0.3 is 5.97 Å². The van der Waals surface area contributed by atoms with Gasteiger partial charge < -0.3 is 15.4 Å². The van der Waals surface area contributed by atoms with Crippen molar-refractivity contribution >= 4 is 11.7 Å². The number of nitrogens with zero attached hydrogens (tertiary/aromatic N) is 1. The minimum absolute atomic E-state index is 0.324. The van der Waals surface area contributed by atoms with Gasteiger partial charge in [-0.2, -0.15) is 0 Å². The van der Waals surface area contributed by atoms with Crippen LogP contribution in [0.15, 0.2) is 53.9 Å². The summed E-state index contributed by atoms with van der Waals surface area (Å²) in [6.07, 6.45) is 3.41. The van der Waals surface area contributed by atoms with Crippen molar-refractivity contribution in [1.29, 1.82) is 0 Å². The molecule has 1 aliphatic heterocycles. The third-order valence-corrected chi connectivity index (χ3v) is 2.61. The molecule has 0 unspecified atom stereocenters. The Labute approximate surface area is 100.0 Å². The van der Waals surface area contributed by atoms with Crippen molar-refractivity contribution in [3.8, 4) is 0 Å². The molecule has 0 fully saturated rings. The number of esters is 1. The second kappa shape index (κ2) is 4.74. The number of rotatable bonds is 2. The van der Waals surface area contributed by atoms with Gasteiger partial charge in [-0.15, -0.1) is 0 Å². The molecular formula is C13H14N2O2. The van der Waals surface area contributed by atoms with Crippen LogP contribution < -0.4 is 10.6 Å². The standard InChI is InChI=1S/C13H14N2O2/c1-17-13(16)10-7-8-12(14)15(9-10)11-5-3-2-4-6-11/h2-8H,9,14H2,1H3. The number of ether oxygens (including phenoxy) is 1. The summed E-state index contributed by atoms with van der Waals surface area (Å²) in [5, 5.41) is 0. The molecule has 2 N–H and O–H groups in total. The lowest BCUT2D eigenvalue weighted by Crippen LogP contribution is -2.33. The van der Waals surface area contributed by atoms with E-state index in [9.17, 15) is 4.79 Å². The summed E-state index contributed by atoms with van der Waals surface area (Å²) in [6.45, 7) is 0.430. The van der Waals surface area contributed by atoms with E-state index in [1.165, 1.54) is 7.11 Å². The van der Waals surface area contributed by atoms with Crippen molar-refractivity contribution in [1.82, 2.24) is 0 Å². The molecule has 4 heteroatoms. The highest BCUT2D eigenvalue weighted by Gasteiger charge is 2.19. The van der Waals surface area contributed by atoms with Crippen molar-refractivity contribution < 1.29 is 9.53 Å². The number of nitrogens with two attached hydrogens (primary N) is 1. The largest absolute Gasteiger partial charge is 0.466 e. The number of anilines is 1. The molecule has 4 nitrogen and oxygen atoms in total. The molecule has 17 heavy (non-hydrogen) atoms. The van der Waals surface area contributed by atoms with E-state index >= 15 is 0 Å². The molecule has 1 heterocycles. The van der Waals surface area contributed by atoms with Crippen LogP contribution in [0.2, 0.25) is 0 Å². The van der Waals surface area contributed by atoms with Crippen LogP contribution in [0.25, 0.3) is 0 Å². The highest BCUT2D eigenvalue weighted by atomic mass is 16.5. The van der Waals surface area contributed by atoms with Gasteiger partial charge in [0.05, 0.1) is 19.2 Å². The first-order chi connectivity index (χ1) is 8.22. The molecule has 88 valence electrons. The third-order valence-electron chi connectivity index (χ3n) is 2.61. The fourth-order valence-electron chi connectivity index (χ4n) is 1.70. The zero-order valence-electron chi connectivity index (χ0n) is 9.59. The molecule has 0 saturated heterocycles. The van der Waals surface area contributed by atoms with Gasteiger partial charge in [0.25, 0.3) is 0 Å². The van der Waals surface area contributed by atoms with Gasteiger partial charge in [-0.05, 0) is 24.3 Å². The zero-order chi connectivity index (χ0) is 12.3. The summed E-state index contributed by atoms with van der Waals surface area (Å²) >= 11 is 0. The van der Waals surface area contributed by atoms with Gasteiger partial charge in [0.2, 0.25) is 0 Å². The van der Waals surface area contributed by atoms with Crippen molar-refractivity contribution in [2.24, 2.45) is 5.73 Å². The average Bonchev–Trinajstić information content (AvgIpc) is 2.39. The quantitative estimate of drug-likeness (QED) is 0.780. The molecule has 0 amide bonds. The molecular weight excluding hydrogens is 216 g/mol. The fourth-order valence-corrected chi connectivity index (χ4v) is 1.70. The van der Waals surface area contributed by atoms with Crippen molar-refractivity contribution in [3.05, 3.63) is 53.9 Å². The molecule has 1 aromatic carbocycles. The van der Waals surface area contributed by atoms with Gasteiger partial charge in [0.1, 0.15) is 5.82 Å². The van der Waals surface area contributed by atoms with Gasteiger partial charge in [0.15, 0.2) is 0 Å². The maximum Gasteiger partial charge on any atom is 0.335 e. The number of hydrogen-bond acceptors (Lipinski definition) is 4. The smallest absolute Gasteiger partial charge is 0.335 e. The van der Waals surface area contributed by atoms with Gasteiger partial charge in [-0.3, -0.25) is 0 Å². The Morgan fingerprint density at radius 3 is 2.65 bits per heavy atom. The highest BCUT2D eigenvalue weighted by molar-refractivity contribution is 5.90. The summed E-state index contributed by atoms with van der Waals surface area (Å²) in [5.41, 5.74) is 7.45. The summed E-state index contributed by atoms with van der Waals surface area (Å²) in [6, 6.07) is 9.68. The van der Waals surface area contributed by atoms with Crippen LogP contribution in [0.4, 0.5) is 5.69 Å². The molecule has 0 atom stereocenters. The van der Waals surface area contributed by atoms with E-state index in [0.717, 1.165) is 5.69 Å². The van der Waals surface area contributed by atoms with Crippen LogP contribution in [0.1, 0.15) is 0 Å². The summed E-state index contributed by atoms with van der Waals surface area (Å²) < 4.78 is 4.71. The molecule has 2 rings (SSSR count). The first kappa shape index (κ1) is 11.3. The van der Waals surface area contributed by atoms with Crippen LogP contribution in [-0.2, 0) is 9.53 Å². The second-order valence-corrected chi connectivity index (χ2v) is 3.70. The molecule has 0 spiro atoms. The lowest BCUT2D eigenvalue weighted by molar-refractivity contribution is -0.136. The first-order valence-electron chi connectivity index (χ1n) is 5.29. The molecule has 0 radical (unpaired) electrons. The Morgan fingerprint density at radius 1 is 1.29 bits per heavy atom. The van der Waals surface area contributed by atoms with Gasteiger partial charge in [-0.1, -0.05) is 18.2 Å². The lowest BCUT2D eigenvalue weighted by Gasteiger charge is -2.27. The van der Waals surface area contributed by atoms with Crippen molar-refractivity contribution in [2.45, 2.75) is 0 Å². The molecule has 1 aliphatic rings. The second-order valence-electron chi connectivity index (χ2n) is 3.70. The molecule has 0 aromatic heterocycles. The maximum atomic E-state index is 11.5. The van der Waals surface area contributed by atoms with E-state index in [-0.39, 0.29) is 5.97 Å². The summed E-state index contributed by atoms with van der Waals surface area (Å²) in [4.78, 5) is 13.3. The monoisotopic (exact) mass is 230 g/mol. The predicted octanol–water partition coefficient (Wildman–Crippen LogP) is 1.41. The third kappa shape index (κ3) is 2.30. The van der Waals surface area contributed by atoms with Crippen molar-refractivity contribution in [3.63, 3.8) is 0 Å². The van der Waals surface area contributed by atoms with Crippen molar-refractivity contribution in [2.75, 3.05) is 18.6 Å². The number of para-hydroxylation sites is 1. The van der Waals surface area contributed by atoms with E-state index in [0.29, 0.717) is 17.9 Å². The number of benzene rings is 1.